The van der Waals surface area contributed by atoms with Crippen molar-refractivity contribution < 1.29 is 4.52 Å². The van der Waals surface area contributed by atoms with Crippen LogP contribution in [0.3, 0.4) is 0 Å². The number of hydrogen-bond acceptors (Lipinski definition) is 5. The molecule has 0 spiro atoms. The van der Waals surface area contributed by atoms with Gasteiger partial charge < -0.3 is 9.51 Å². The highest BCUT2D eigenvalue weighted by Gasteiger charge is 2.17. The van der Waals surface area contributed by atoms with Crippen molar-refractivity contribution in [3.8, 4) is 11.4 Å². The number of aromatic nitrogens is 4. The number of hydrogen-bond donors (Lipinski definition) is 1. The van der Waals surface area contributed by atoms with E-state index in [-0.39, 0.29) is 5.41 Å². The second-order valence-electron chi connectivity index (χ2n) is 7.27. The predicted octanol–water partition coefficient (Wildman–Crippen LogP) is 3.40. The molecule has 0 fully saturated rings. The zero-order valence-electron chi connectivity index (χ0n) is 14.3. The van der Waals surface area contributed by atoms with E-state index >= 15 is 0 Å². The lowest BCUT2D eigenvalue weighted by molar-refractivity contribution is 0.198. The van der Waals surface area contributed by atoms with E-state index in [0.717, 1.165) is 29.0 Å². The predicted molar refractivity (Wildman–Crippen MR) is 89.9 cm³/mol. The van der Waals surface area contributed by atoms with Crippen molar-refractivity contribution in [3.63, 3.8) is 0 Å². The molecular formula is C17H23N5O. The Balaban J connectivity index is 1.84. The van der Waals surface area contributed by atoms with Crippen LogP contribution < -0.4 is 0 Å². The molecule has 6 nitrogen and oxygen atoms in total. The molecular weight excluding hydrogens is 290 g/mol. The summed E-state index contributed by atoms with van der Waals surface area (Å²) >= 11 is 0. The zero-order chi connectivity index (χ0) is 16.6. The number of aryl methyl sites for hydroxylation is 1. The molecule has 6 heteroatoms. The summed E-state index contributed by atoms with van der Waals surface area (Å²) in [6, 6.07) is 5.93. The molecule has 0 radical (unpaired) electrons. The Bertz CT molecular complexity index is 812. The largest absolute Gasteiger partial charge is 0.342 e. The summed E-state index contributed by atoms with van der Waals surface area (Å²) in [5.74, 6) is 2.08. The first kappa shape index (κ1) is 15.7. The van der Waals surface area contributed by atoms with Crippen LogP contribution in [0.2, 0.25) is 0 Å². The molecule has 1 N–H and O–H groups in total. The van der Waals surface area contributed by atoms with Gasteiger partial charge in [0.15, 0.2) is 0 Å². The summed E-state index contributed by atoms with van der Waals surface area (Å²) in [6.45, 7) is 10.2. The van der Waals surface area contributed by atoms with Crippen molar-refractivity contribution >= 4 is 11.0 Å². The van der Waals surface area contributed by atoms with Gasteiger partial charge in [-0.2, -0.15) is 4.98 Å². The number of para-hydroxylation sites is 1. The Morgan fingerprint density at radius 2 is 2.00 bits per heavy atom. The van der Waals surface area contributed by atoms with Crippen LogP contribution in [0.4, 0.5) is 0 Å². The molecule has 2 aromatic heterocycles. The normalized spacial score (nSPS) is 12.4. The molecule has 0 saturated heterocycles. The van der Waals surface area contributed by atoms with Crippen molar-refractivity contribution in [2.75, 3.05) is 13.6 Å². The summed E-state index contributed by atoms with van der Waals surface area (Å²) < 4.78 is 5.42. The van der Waals surface area contributed by atoms with Crippen LogP contribution in [0.15, 0.2) is 22.7 Å². The highest BCUT2D eigenvalue weighted by Crippen LogP contribution is 2.25. The summed E-state index contributed by atoms with van der Waals surface area (Å²) in [5, 5.41) is 4.13. The Morgan fingerprint density at radius 1 is 1.22 bits per heavy atom. The van der Waals surface area contributed by atoms with E-state index < -0.39 is 0 Å². The van der Waals surface area contributed by atoms with E-state index in [2.05, 4.69) is 52.8 Å². The lowest BCUT2D eigenvalue weighted by atomic mass is 9.96. The van der Waals surface area contributed by atoms with E-state index in [9.17, 15) is 0 Å². The smallest absolute Gasteiger partial charge is 0.241 e. The fourth-order valence-corrected chi connectivity index (χ4v) is 2.86. The molecule has 0 saturated carbocycles. The molecule has 0 aliphatic heterocycles. The molecule has 3 rings (SSSR count). The quantitative estimate of drug-likeness (QED) is 0.799. The summed E-state index contributed by atoms with van der Waals surface area (Å²) in [4.78, 5) is 14.5. The van der Waals surface area contributed by atoms with Crippen LogP contribution in [-0.2, 0) is 6.54 Å². The van der Waals surface area contributed by atoms with Crippen LogP contribution in [0.5, 0.6) is 0 Å². The molecule has 2 heterocycles. The summed E-state index contributed by atoms with van der Waals surface area (Å²) in [6.07, 6.45) is 0. The maximum Gasteiger partial charge on any atom is 0.241 e. The number of imidazole rings is 1. The van der Waals surface area contributed by atoms with E-state index in [1.807, 2.05) is 25.1 Å². The van der Waals surface area contributed by atoms with Gasteiger partial charge in [0.05, 0.1) is 23.1 Å². The summed E-state index contributed by atoms with van der Waals surface area (Å²) in [7, 11) is 2.06. The highest BCUT2D eigenvalue weighted by atomic mass is 16.5. The minimum atomic E-state index is 0.232. The number of H-pyrrole nitrogens is 1. The van der Waals surface area contributed by atoms with Crippen LogP contribution in [0, 0.1) is 12.3 Å². The van der Waals surface area contributed by atoms with Gasteiger partial charge in [-0.1, -0.05) is 32.0 Å². The molecule has 1 aromatic carbocycles. The first-order chi connectivity index (χ1) is 10.8. The average molecular weight is 313 g/mol. The number of aromatic amines is 1. The highest BCUT2D eigenvalue weighted by molar-refractivity contribution is 5.89. The van der Waals surface area contributed by atoms with Crippen molar-refractivity contribution in [1.82, 2.24) is 25.0 Å². The molecule has 0 unspecified atom stereocenters. The number of benzene rings is 1. The molecule has 0 aliphatic carbocycles. The van der Waals surface area contributed by atoms with Gasteiger partial charge in [0, 0.05) is 6.54 Å². The van der Waals surface area contributed by atoms with E-state index in [1.165, 1.54) is 0 Å². The van der Waals surface area contributed by atoms with Crippen LogP contribution in [-0.4, -0.2) is 38.6 Å². The molecule has 23 heavy (non-hydrogen) atoms. The van der Waals surface area contributed by atoms with Crippen LogP contribution in [0.1, 0.15) is 32.5 Å². The molecule has 0 bridgehead atoms. The first-order valence-corrected chi connectivity index (χ1v) is 7.79. The molecule has 3 aromatic rings. The van der Waals surface area contributed by atoms with Crippen molar-refractivity contribution in [3.05, 3.63) is 29.9 Å². The number of nitrogens with one attached hydrogen (secondary N) is 1. The van der Waals surface area contributed by atoms with Crippen LogP contribution in [0.25, 0.3) is 22.4 Å². The Labute approximate surface area is 135 Å². The van der Waals surface area contributed by atoms with Crippen molar-refractivity contribution in [2.24, 2.45) is 5.41 Å². The third-order valence-electron chi connectivity index (χ3n) is 3.49. The fourth-order valence-electron chi connectivity index (χ4n) is 2.86. The third kappa shape index (κ3) is 3.59. The summed E-state index contributed by atoms with van der Waals surface area (Å²) in [5.41, 5.74) is 2.98. The minimum Gasteiger partial charge on any atom is -0.342 e. The zero-order valence-corrected chi connectivity index (χ0v) is 14.3. The third-order valence-corrected chi connectivity index (χ3v) is 3.49. The standard InChI is InChI=1S/C17H23N5O/c1-11-18-13-8-6-7-12(15(13)19-11)16-20-14(23-21-16)9-22(5)10-17(2,3)4/h6-8H,9-10H2,1-5H3,(H,18,19). The fraction of sp³-hybridized carbons (Fsp3) is 0.471. The monoisotopic (exact) mass is 313 g/mol. The maximum atomic E-state index is 5.42. The van der Waals surface area contributed by atoms with Crippen molar-refractivity contribution in [2.45, 2.75) is 34.2 Å². The van der Waals surface area contributed by atoms with Gasteiger partial charge in [-0.15, -0.1) is 0 Å². The molecule has 0 aliphatic rings. The molecule has 0 amide bonds. The molecule has 0 atom stereocenters. The molecule has 122 valence electrons. The van der Waals surface area contributed by atoms with Gasteiger partial charge in [-0.3, -0.25) is 4.90 Å². The van der Waals surface area contributed by atoms with Gasteiger partial charge in [0.2, 0.25) is 11.7 Å². The van der Waals surface area contributed by atoms with E-state index in [1.54, 1.807) is 0 Å². The van der Waals surface area contributed by atoms with E-state index in [4.69, 9.17) is 4.52 Å². The van der Waals surface area contributed by atoms with Gasteiger partial charge in [0.25, 0.3) is 0 Å². The van der Waals surface area contributed by atoms with Gasteiger partial charge >= 0.3 is 0 Å². The first-order valence-electron chi connectivity index (χ1n) is 7.79. The average Bonchev–Trinajstić information content (AvgIpc) is 3.01. The number of rotatable bonds is 4. The van der Waals surface area contributed by atoms with Crippen molar-refractivity contribution in [1.29, 1.82) is 0 Å². The van der Waals surface area contributed by atoms with Gasteiger partial charge in [0.1, 0.15) is 5.82 Å². The lowest BCUT2D eigenvalue weighted by Crippen LogP contribution is -2.28. The maximum absolute atomic E-state index is 5.42. The minimum absolute atomic E-state index is 0.232. The second-order valence-corrected chi connectivity index (χ2v) is 7.27. The Kier molecular flexibility index (Phi) is 3.93. The second kappa shape index (κ2) is 5.77. The number of fused-ring (bicyclic) bond motifs is 1. The van der Waals surface area contributed by atoms with Gasteiger partial charge in [-0.05, 0) is 31.5 Å². The lowest BCUT2D eigenvalue weighted by Gasteiger charge is -2.25. The van der Waals surface area contributed by atoms with Crippen LogP contribution >= 0.6 is 0 Å². The number of nitrogens with zero attached hydrogens (tertiary/aromatic N) is 4. The SMILES string of the molecule is Cc1nc2c(-c3noc(CN(C)CC(C)(C)C)n3)cccc2[nH]1. The van der Waals surface area contributed by atoms with Gasteiger partial charge in [-0.25, -0.2) is 4.98 Å². The topological polar surface area (TPSA) is 70.8 Å². The Hall–Kier alpha value is -2.21. The Morgan fingerprint density at radius 3 is 2.74 bits per heavy atom. The van der Waals surface area contributed by atoms with E-state index in [0.29, 0.717) is 18.3 Å².